The summed E-state index contributed by atoms with van der Waals surface area (Å²) in [6, 6.07) is 69.2. The summed E-state index contributed by atoms with van der Waals surface area (Å²) in [6.45, 7) is 0. The first kappa shape index (κ1) is 30.9. The van der Waals surface area contributed by atoms with E-state index in [0.29, 0.717) is 5.56 Å². The number of para-hydroxylation sites is 1. The van der Waals surface area contributed by atoms with Gasteiger partial charge in [0.05, 0.1) is 33.1 Å². The van der Waals surface area contributed by atoms with Gasteiger partial charge in [-0.3, -0.25) is 0 Å². The summed E-state index contributed by atoms with van der Waals surface area (Å²) in [5, 5.41) is 14.3. The van der Waals surface area contributed by atoms with Crippen molar-refractivity contribution in [2.75, 3.05) is 4.90 Å². The first-order valence-corrected chi connectivity index (χ1v) is 18.6. The maximum Gasteiger partial charge on any atom is 0.0991 e. The Bertz CT molecular complexity index is 2980. The average Bonchev–Trinajstić information content (AvgIpc) is 3.78. The largest absolute Gasteiger partial charge is 0.309 e. The van der Waals surface area contributed by atoms with Crippen LogP contribution >= 0.6 is 11.3 Å². The Labute approximate surface area is 311 Å². The number of hydrogen-bond acceptors (Lipinski definition) is 3. The van der Waals surface area contributed by atoms with Crippen LogP contribution in [0.5, 0.6) is 0 Å². The standard InChI is InChI=1S/C49H31N3S/c50-32-33-17-24-40(25-18-33)52-45-14-6-4-11-41(45)44-31-37(23-30-46(44)52)36-21-28-39(29-22-36)51(38-26-19-35(20-27-38)34-9-2-1-3-10-34)47-15-8-13-43-42-12-5-7-16-48(42)53-49(43)47/h1-31H. The van der Waals surface area contributed by atoms with Gasteiger partial charge in [-0.05, 0) is 101 Å². The zero-order chi connectivity index (χ0) is 35.3. The Morgan fingerprint density at radius 1 is 0.453 bits per heavy atom. The van der Waals surface area contributed by atoms with Gasteiger partial charge in [0.25, 0.3) is 0 Å². The van der Waals surface area contributed by atoms with E-state index in [9.17, 15) is 5.26 Å². The number of thiophene rings is 1. The summed E-state index contributed by atoms with van der Waals surface area (Å²) < 4.78 is 4.85. The van der Waals surface area contributed by atoms with Crippen molar-refractivity contribution >= 4 is 70.4 Å². The number of benzene rings is 8. The molecular weight excluding hydrogens is 663 g/mol. The lowest BCUT2D eigenvalue weighted by Gasteiger charge is -2.26. The summed E-state index contributed by atoms with van der Waals surface area (Å²) in [6.07, 6.45) is 0. The molecule has 10 aromatic rings. The molecule has 0 fully saturated rings. The van der Waals surface area contributed by atoms with E-state index in [1.54, 1.807) is 0 Å². The van der Waals surface area contributed by atoms with E-state index in [0.717, 1.165) is 39.2 Å². The second-order valence-electron chi connectivity index (χ2n) is 13.3. The normalized spacial score (nSPS) is 11.4. The highest BCUT2D eigenvalue weighted by Crippen LogP contribution is 2.45. The number of nitriles is 1. The smallest absolute Gasteiger partial charge is 0.0991 e. The van der Waals surface area contributed by atoms with Crippen molar-refractivity contribution in [3.63, 3.8) is 0 Å². The van der Waals surface area contributed by atoms with Gasteiger partial charge in [0.2, 0.25) is 0 Å². The first-order chi connectivity index (χ1) is 26.2. The molecular formula is C49H31N3S. The molecule has 0 radical (unpaired) electrons. The number of hydrogen-bond donors (Lipinski definition) is 0. The van der Waals surface area contributed by atoms with Crippen molar-refractivity contribution in [2.45, 2.75) is 0 Å². The molecule has 0 bridgehead atoms. The zero-order valence-electron chi connectivity index (χ0n) is 28.6. The summed E-state index contributed by atoms with van der Waals surface area (Å²) in [5.41, 5.74) is 12.1. The molecule has 10 rings (SSSR count). The highest BCUT2D eigenvalue weighted by molar-refractivity contribution is 7.26. The Hall–Kier alpha value is -6.93. The molecule has 3 nitrogen and oxygen atoms in total. The monoisotopic (exact) mass is 693 g/mol. The predicted molar refractivity (Wildman–Crippen MR) is 224 cm³/mol. The molecule has 53 heavy (non-hydrogen) atoms. The van der Waals surface area contributed by atoms with E-state index < -0.39 is 0 Å². The van der Waals surface area contributed by atoms with Crippen LogP contribution in [0.2, 0.25) is 0 Å². The molecule has 2 aromatic heterocycles. The number of anilines is 3. The predicted octanol–water partition coefficient (Wildman–Crippen LogP) is 13.8. The minimum Gasteiger partial charge on any atom is -0.309 e. The Morgan fingerprint density at radius 2 is 1.04 bits per heavy atom. The highest BCUT2D eigenvalue weighted by atomic mass is 32.1. The molecule has 2 heterocycles. The highest BCUT2D eigenvalue weighted by Gasteiger charge is 2.19. The van der Waals surface area contributed by atoms with E-state index >= 15 is 0 Å². The van der Waals surface area contributed by atoms with Gasteiger partial charge in [0.1, 0.15) is 0 Å². The molecule has 4 heteroatoms. The van der Waals surface area contributed by atoms with Crippen LogP contribution in [0.3, 0.4) is 0 Å². The molecule has 0 unspecified atom stereocenters. The van der Waals surface area contributed by atoms with Gasteiger partial charge >= 0.3 is 0 Å². The summed E-state index contributed by atoms with van der Waals surface area (Å²) in [4.78, 5) is 2.39. The van der Waals surface area contributed by atoms with Crippen LogP contribution < -0.4 is 4.90 Å². The molecule has 0 atom stereocenters. The lowest BCUT2D eigenvalue weighted by molar-refractivity contribution is 1.18. The van der Waals surface area contributed by atoms with Crippen LogP contribution in [0, 0.1) is 11.3 Å². The Balaban J connectivity index is 1.08. The second-order valence-corrected chi connectivity index (χ2v) is 14.3. The fourth-order valence-electron chi connectivity index (χ4n) is 7.69. The van der Waals surface area contributed by atoms with Crippen LogP contribution in [-0.4, -0.2) is 4.57 Å². The van der Waals surface area contributed by atoms with Crippen molar-refractivity contribution < 1.29 is 0 Å². The molecule has 0 aliphatic heterocycles. The van der Waals surface area contributed by atoms with Gasteiger partial charge in [-0.1, -0.05) is 109 Å². The number of nitrogens with zero attached hydrogens (tertiary/aromatic N) is 3. The van der Waals surface area contributed by atoms with E-state index in [2.05, 4.69) is 179 Å². The maximum atomic E-state index is 9.36. The fourth-order valence-corrected chi connectivity index (χ4v) is 8.89. The van der Waals surface area contributed by atoms with Crippen LogP contribution in [-0.2, 0) is 0 Å². The van der Waals surface area contributed by atoms with Gasteiger partial charge in [0, 0.05) is 43.3 Å². The van der Waals surface area contributed by atoms with E-state index in [-0.39, 0.29) is 0 Å². The molecule has 0 spiro atoms. The van der Waals surface area contributed by atoms with Crippen LogP contribution in [0.15, 0.2) is 188 Å². The quantitative estimate of drug-likeness (QED) is 0.174. The molecule has 0 amide bonds. The van der Waals surface area contributed by atoms with Gasteiger partial charge in [0.15, 0.2) is 0 Å². The van der Waals surface area contributed by atoms with Gasteiger partial charge in [-0.25, -0.2) is 0 Å². The van der Waals surface area contributed by atoms with Gasteiger partial charge in [-0.2, -0.15) is 5.26 Å². The third kappa shape index (κ3) is 5.26. The molecule has 0 aliphatic carbocycles. The SMILES string of the molecule is N#Cc1ccc(-n2c3ccccc3c3cc(-c4ccc(N(c5ccc(-c6ccccc6)cc5)c5cccc6c5sc5ccccc56)cc4)ccc32)cc1. The van der Waals surface area contributed by atoms with E-state index in [4.69, 9.17) is 0 Å². The lowest BCUT2D eigenvalue weighted by atomic mass is 10.0. The van der Waals surface area contributed by atoms with Gasteiger partial charge in [-0.15, -0.1) is 11.3 Å². The Morgan fingerprint density at radius 3 is 1.77 bits per heavy atom. The lowest BCUT2D eigenvalue weighted by Crippen LogP contribution is -2.10. The van der Waals surface area contributed by atoms with Crippen molar-refractivity contribution in [2.24, 2.45) is 0 Å². The molecule has 0 saturated heterocycles. The molecule has 0 saturated carbocycles. The Kier molecular flexibility index (Phi) is 7.39. The van der Waals surface area contributed by atoms with Crippen molar-refractivity contribution in [1.82, 2.24) is 4.57 Å². The first-order valence-electron chi connectivity index (χ1n) is 17.7. The molecule has 8 aromatic carbocycles. The average molecular weight is 694 g/mol. The summed E-state index contributed by atoms with van der Waals surface area (Å²) in [5.74, 6) is 0. The topological polar surface area (TPSA) is 32.0 Å². The summed E-state index contributed by atoms with van der Waals surface area (Å²) >= 11 is 1.85. The molecule has 0 N–H and O–H groups in total. The number of rotatable bonds is 6. The van der Waals surface area contributed by atoms with E-state index in [1.165, 1.54) is 47.8 Å². The maximum absolute atomic E-state index is 9.36. The van der Waals surface area contributed by atoms with Crippen LogP contribution in [0.25, 0.3) is 69.9 Å². The van der Waals surface area contributed by atoms with Crippen molar-refractivity contribution in [3.05, 3.63) is 194 Å². The molecule has 248 valence electrons. The minimum atomic E-state index is 0.656. The van der Waals surface area contributed by atoms with Crippen molar-refractivity contribution in [1.29, 1.82) is 5.26 Å². The third-order valence-corrected chi connectivity index (χ3v) is 11.5. The summed E-state index contributed by atoms with van der Waals surface area (Å²) in [7, 11) is 0. The third-order valence-electron chi connectivity index (χ3n) is 10.2. The van der Waals surface area contributed by atoms with Crippen LogP contribution in [0.4, 0.5) is 17.1 Å². The molecule has 0 aliphatic rings. The zero-order valence-corrected chi connectivity index (χ0v) is 29.5. The number of fused-ring (bicyclic) bond motifs is 6. The number of aromatic nitrogens is 1. The van der Waals surface area contributed by atoms with Crippen molar-refractivity contribution in [3.8, 4) is 34.0 Å². The van der Waals surface area contributed by atoms with Crippen LogP contribution in [0.1, 0.15) is 5.56 Å². The van der Waals surface area contributed by atoms with E-state index in [1.807, 2.05) is 35.6 Å². The second kappa shape index (κ2) is 12.7. The fraction of sp³-hybridized carbons (Fsp3) is 0. The van der Waals surface area contributed by atoms with Gasteiger partial charge < -0.3 is 9.47 Å². The minimum absolute atomic E-state index is 0.656.